The molecule has 0 saturated heterocycles. The Labute approximate surface area is 81.1 Å². The van der Waals surface area contributed by atoms with E-state index in [9.17, 15) is 9.18 Å². The van der Waals surface area contributed by atoms with Crippen molar-refractivity contribution < 1.29 is 9.18 Å². The molecule has 1 saturated carbocycles. The summed E-state index contributed by atoms with van der Waals surface area (Å²) in [6.07, 6.45) is 2.06. The quantitative estimate of drug-likeness (QED) is 0.697. The molecule has 1 fully saturated rings. The molecule has 0 aromatic heterocycles. The van der Waals surface area contributed by atoms with Crippen LogP contribution in [-0.2, 0) is 0 Å². The maximum atomic E-state index is 12.8. The van der Waals surface area contributed by atoms with Crippen LogP contribution in [0.3, 0.4) is 0 Å². The molecule has 4 heteroatoms. The summed E-state index contributed by atoms with van der Waals surface area (Å²) in [7, 11) is 0. The van der Waals surface area contributed by atoms with E-state index < -0.39 is 5.82 Å². The largest absolute Gasteiger partial charge is 0.396 e. The van der Waals surface area contributed by atoms with Crippen molar-refractivity contribution in [3.05, 3.63) is 29.6 Å². The van der Waals surface area contributed by atoms with E-state index in [1.54, 1.807) is 0 Å². The zero-order chi connectivity index (χ0) is 10.1. The minimum Gasteiger partial charge on any atom is -0.396 e. The van der Waals surface area contributed by atoms with E-state index in [-0.39, 0.29) is 11.6 Å². The van der Waals surface area contributed by atoms with Gasteiger partial charge in [0.05, 0.1) is 5.69 Å². The average Bonchev–Trinajstić information content (AvgIpc) is 2.93. The van der Waals surface area contributed by atoms with Gasteiger partial charge >= 0.3 is 0 Å². The second-order valence-corrected chi connectivity index (χ2v) is 3.48. The molecule has 3 nitrogen and oxygen atoms in total. The number of hydrogen-bond acceptors (Lipinski definition) is 2. The van der Waals surface area contributed by atoms with Crippen molar-refractivity contribution in [1.82, 2.24) is 5.32 Å². The summed E-state index contributed by atoms with van der Waals surface area (Å²) in [6, 6.07) is 4.29. The maximum absolute atomic E-state index is 12.8. The molecule has 1 amide bonds. The second-order valence-electron chi connectivity index (χ2n) is 3.48. The fraction of sp³-hybridized carbons (Fsp3) is 0.300. The maximum Gasteiger partial charge on any atom is 0.251 e. The van der Waals surface area contributed by atoms with Crippen LogP contribution in [-0.4, -0.2) is 11.9 Å². The number of nitrogen functional groups attached to an aromatic ring is 1. The third-order valence-electron chi connectivity index (χ3n) is 2.17. The summed E-state index contributed by atoms with van der Waals surface area (Å²) in [4.78, 5) is 11.5. The molecule has 74 valence electrons. The molecule has 14 heavy (non-hydrogen) atoms. The highest BCUT2D eigenvalue weighted by Crippen LogP contribution is 2.20. The van der Waals surface area contributed by atoms with Gasteiger partial charge in [0, 0.05) is 11.6 Å². The Morgan fingerprint density at radius 3 is 2.79 bits per heavy atom. The molecule has 1 aliphatic carbocycles. The monoisotopic (exact) mass is 194 g/mol. The summed E-state index contributed by atoms with van der Waals surface area (Å²) in [5, 5.41) is 2.80. The molecule has 1 aliphatic rings. The van der Waals surface area contributed by atoms with Crippen molar-refractivity contribution in [3.8, 4) is 0 Å². The molecule has 0 aliphatic heterocycles. The lowest BCUT2D eigenvalue weighted by Gasteiger charge is -2.04. The van der Waals surface area contributed by atoms with Crippen LogP contribution < -0.4 is 11.1 Å². The number of carbonyl (C=O) groups excluding carboxylic acids is 1. The van der Waals surface area contributed by atoms with E-state index in [0.717, 1.165) is 12.8 Å². The van der Waals surface area contributed by atoms with E-state index in [1.807, 2.05) is 0 Å². The number of carbonyl (C=O) groups is 1. The summed E-state index contributed by atoms with van der Waals surface area (Å²) in [5.41, 5.74) is 5.77. The fourth-order valence-corrected chi connectivity index (χ4v) is 1.18. The fourth-order valence-electron chi connectivity index (χ4n) is 1.18. The molecule has 0 radical (unpaired) electrons. The Hall–Kier alpha value is -1.58. The lowest BCUT2D eigenvalue weighted by molar-refractivity contribution is 0.0951. The number of nitrogens with one attached hydrogen (secondary N) is 1. The molecular weight excluding hydrogens is 183 g/mol. The zero-order valence-electron chi connectivity index (χ0n) is 7.59. The molecular formula is C10H11FN2O. The first-order valence-electron chi connectivity index (χ1n) is 4.52. The number of halogens is 1. The average molecular weight is 194 g/mol. The smallest absolute Gasteiger partial charge is 0.251 e. The van der Waals surface area contributed by atoms with Gasteiger partial charge in [-0.25, -0.2) is 4.39 Å². The van der Waals surface area contributed by atoms with Crippen LogP contribution in [0.15, 0.2) is 18.2 Å². The van der Waals surface area contributed by atoms with Crippen LogP contribution in [0.4, 0.5) is 10.1 Å². The van der Waals surface area contributed by atoms with Gasteiger partial charge in [-0.05, 0) is 31.0 Å². The van der Waals surface area contributed by atoms with Crippen molar-refractivity contribution in [3.63, 3.8) is 0 Å². The van der Waals surface area contributed by atoms with Crippen LogP contribution in [0.5, 0.6) is 0 Å². The van der Waals surface area contributed by atoms with E-state index in [2.05, 4.69) is 5.32 Å². The predicted molar refractivity (Wildman–Crippen MR) is 51.3 cm³/mol. The van der Waals surface area contributed by atoms with Gasteiger partial charge in [0.15, 0.2) is 0 Å². The number of nitrogens with two attached hydrogens (primary N) is 1. The number of rotatable bonds is 2. The summed E-state index contributed by atoms with van der Waals surface area (Å²) < 4.78 is 12.8. The highest BCUT2D eigenvalue weighted by Gasteiger charge is 2.23. The highest BCUT2D eigenvalue weighted by molar-refractivity contribution is 5.95. The minimum atomic E-state index is -0.493. The van der Waals surface area contributed by atoms with Crippen molar-refractivity contribution in [2.45, 2.75) is 18.9 Å². The lowest BCUT2D eigenvalue weighted by atomic mass is 10.2. The number of benzene rings is 1. The molecule has 0 heterocycles. The van der Waals surface area contributed by atoms with Crippen LogP contribution in [0.1, 0.15) is 23.2 Å². The van der Waals surface area contributed by atoms with Crippen LogP contribution in [0.25, 0.3) is 0 Å². The first kappa shape index (κ1) is 8.99. The molecule has 0 spiro atoms. The van der Waals surface area contributed by atoms with Gasteiger partial charge in [0.1, 0.15) is 5.82 Å². The first-order chi connectivity index (χ1) is 6.66. The van der Waals surface area contributed by atoms with Crippen LogP contribution in [0, 0.1) is 5.82 Å². The Morgan fingerprint density at radius 1 is 1.50 bits per heavy atom. The molecule has 0 bridgehead atoms. The summed E-state index contributed by atoms with van der Waals surface area (Å²) >= 11 is 0. The molecule has 0 atom stereocenters. The van der Waals surface area contributed by atoms with Gasteiger partial charge in [-0.3, -0.25) is 4.79 Å². The third kappa shape index (κ3) is 1.84. The van der Waals surface area contributed by atoms with Crippen molar-refractivity contribution in [1.29, 1.82) is 0 Å². The van der Waals surface area contributed by atoms with E-state index in [4.69, 9.17) is 5.73 Å². The summed E-state index contributed by atoms with van der Waals surface area (Å²) in [5.74, 6) is -0.674. The Balaban J connectivity index is 2.14. The van der Waals surface area contributed by atoms with E-state index >= 15 is 0 Å². The number of hydrogen-bond donors (Lipinski definition) is 2. The van der Waals surface area contributed by atoms with Gasteiger partial charge in [-0.2, -0.15) is 0 Å². The van der Waals surface area contributed by atoms with Gasteiger partial charge in [0.25, 0.3) is 5.91 Å². The van der Waals surface area contributed by atoms with Gasteiger partial charge < -0.3 is 11.1 Å². The minimum absolute atomic E-state index is 0.00782. The van der Waals surface area contributed by atoms with Crippen molar-refractivity contribution in [2.24, 2.45) is 0 Å². The Kier molecular flexibility index (Phi) is 2.11. The SMILES string of the molecule is Nc1cc(C(=O)NC2CC2)ccc1F. The second kappa shape index (κ2) is 3.29. The number of anilines is 1. The zero-order valence-corrected chi connectivity index (χ0v) is 7.59. The third-order valence-corrected chi connectivity index (χ3v) is 2.17. The molecule has 2 rings (SSSR count). The Bertz CT molecular complexity index is 374. The molecule has 1 aromatic rings. The van der Waals surface area contributed by atoms with E-state index in [0.29, 0.717) is 11.6 Å². The first-order valence-corrected chi connectivity index (χ1v) is 4.52. The van der Waals surface area contributed by atoms with Crippen molar-refractivity contribution in [2.75, 3.05) is 5.73 Å². The standard InChI is InChI=1S/C10H11FN2O/c11-8-4-1-6(5-9(8)12)10(14)13-7-2-3-7/h1,4-5,7H,2-3,12H2,(H,13,14). The topological polar surface area (TPSA) is 55.1 Å². The summed E-state index contributed by atoms with van der Waals surface area (Å²) in [6.45, 7) is 0. The van der Waals surface area contributed by atoms with E-state index in [1.165, 1.54) is 18.2 Å². The van der Waals surface area contributed by atoms with Gasteiger partial charge in [0.2, 0.25) is 0 Å². The van der Waals surface area contributed by atoms with Gasteiger partial charge in [-0.1, -0.05) is 0 Å². The molecule has 3 N–H and O–H groups in total. The lowest BCUT2D eigenvalue weighted by Crippen LogP contribution is -2.25. The number of amides is 1. The van der Waals surface area contributed by atoms with Crippen LogP contribution >= 0.6 is 0 Å². The van der Waals surface area contributed by atoms with Crippen molar-refractivity contribution >= 4 is 11.6 Å². The molecule has 0 unspecified atom stereocenters. The highest BCUT2D eigenvalue weighted by atomic mass is 19.1. The Morgan fingerprint density at radius 2 is 2.21 bits per heavy atom. The molecule has 1 aromatic carbocycles. The van der Waals surface area contributed by atoms with Crippen LogP contribution in [0.2, 0.25) is 0 Å². The normalized spacial score (nSPS) is 15.2. The van der Waals surface area contributed by atoms with Gasteiger partial charge in [-0.15, -0.1) is 0 Å². The predicted octanol–water partition coefficient (Wildman–Crippen LogP) is 1.30.